The van der Waals surface area contributed by atoms with Gasteiger partial charge < -0.3 is 0 Å². The smallest absolute Gasteiger partial charge is 0.277 e. The van der Waals surface area contributed by atoms with E-state index < -0.39 is 17.4 Å². The molecule has 0 aromatic rings. The van der Waals surface area contributed by atoms with Crippen LogP contribution < -0.4 is 5.32 Å². The Labute approximate surface area is 99.8 Å². The van der Waals surface area contributed by atoms with E-state index in [-0.39, 0.29) is 12.5 Å². The van der Waals surface area contributed by atoms with Gasteiger partial charge in [-0.1, -0.05) is 25.0 Å². The zero-order valence-electron chi connectivity index (χ0n) is 9.91. The average Bonchev–Trinajstić information content (AvgIpc) is 2.72. The minimum absolute atomic E-state index is 0.180. The van der Waals surface area contributed by atoms with Gasteiger partial charge in [-0.25, -0.2) is 4.79 Å². The number of rotatable bonds is 2. The molecule has 0 bridgehead atoms. The van der Waals surface area contributed by atoms with Gasteiger partial charge in [0.05, 0.1) is 6.54 Å². The first-order valence-electron chi connectivity index (χ1n) is 5.79. The van der Waals surface area contributed by atoms with Crippen molar-refractivity contribution in [2.75, 3.05) is 6.54 Å². The van der Waals surface area contributed by atoms with Crippen LogP contribution in [0, 0.1) is 5.41 Å². The number of carbonyl (C=O) groups excluding carboxylic acids is 3. The first kappa shape index (κ1) is 11.8. The highest BCUT2D eigenvalue weighted by Gasteiger charge is 2.54. The summed E-state index contributed by atoms with van der Waals surface area (Å²) in [4.78, 5) is 36.9. The predicted octanol–water partition coefficient (Wildman–Crippen LogP) is 1.20. The lowest BCUT2D eigenvalue weighted by atomic mass is 9.82. The van der Waals surface area contributed by atoms with E-state index >= 15 is 0 Å². The van der Waals surface area contributed by atoms with Crippen LogP contribution in [0.15, 0.2) is 12.2 Å². The second kappa shape index (κ2) is 3.98. The maximum Gasteiger partial charge on any atom is 0.331 e. The molecule has 1 N–H and O–H groups in total. The third kappa shape index (κ3) is 1.75. The van der Waals surface area contributed by atoms with E-state index in [1.807, 2.05) is 0 Å². The average molecular weight is 236 g/mol. The molecule has 4 amide bonds. The second-order valence-electron chi connectivity index (χ2n) is 4.90. The van der Waals surface area contributed by atoms with Crippen LogP contribution in [0.25, 0.3) is 0 Å². The van der Waals surface area contributed by atoms with Gasteiger partial charge in [0.2, 0.25) is 11.8 Å². The van der Waals surface area contributed by atoms with Crippen LogP contribution in [0.3, 0.4) is 0 Å². The number of carbonyl (C=O) groups is 3. The topological polar surface area (TPSA) is 66.5 Å². The fourth-order valence-electron chi connectivity index (χ4n) is 2.56. The van der Waals surface area contributed by atoms with E-state index in [0.29, 0.717) is 12.8 Å². The van der Waals surface area contributed by atoms with E-state index in [1.165, 1.54) is 0 Å². The lowest BCUT2D eigenvalue weighted by Crippen LogP contribution is -2.63. The molecule has 1 aliphatic carbocycles. The third-order valence-corrected chi connectivity index (χ3v) is 3.44. The highest BCUT2D eigenvalue weighted by molar-refractivity contribution is 6.19. The van der Waals surface area contributed by atoms with E-state index in [9.17, 15) is 14.4 Å². The third-order valence-electron chi connectivity index (χ3n) is 3.44. The summed E-state index contributed by atoms with van der Waals surface area (Å²) in [6, 6.07) is -0.625. The van der Waals surface area contributed by atoms with Crippen LogP contribution in [-0.4, -0.2) is 29.3 Å². The number of nitrogens with one attached hydrogen (secondary N) is 1. The quantitative estimate of drug-likeness (QED) is 0.578. The van der Waals surface area contributed by atoms with Gasteiger partial charge in [0.1, 0.15) is 5.41 Å². The molecule has 2 fully saturated rings. The molecule has 2 aliphatic rings. The number of imide groups is 2. The van der Waals surface area contributed by atoms with Crippen LogP contribution in [0.5, 0.6) is 0 Å². The Kier molecular flexibility index (Phi) is 2.77. The van der Waals surface area contributed by atoms with E-state index in [0.717, 1.165) is 23.3 Å². The summed E-state index contributed by atoms with van der Waals surface area (Å²) in [5.41, 5.74) is -0.278. The van der Waals surface area contributed by atoms with Crippen molar-refractivity contribution in [3.8, 4) is 0 Å². The van der Waals surface area contributed by atoms with Gasteiger partial charge in [-0.2, -0.15) is 0 Å². The van der Waals surface area contributed by atoms with Crippen molar-refractivity contribution in [1.29, 1.82) is 0 Å². The fourth-order valence-corrected chi connectivity index (χ4v) is 2.56. The summed E-state index contributed by atoms with van der Waals surface area (Å²) in [5, 5.41) is 2.28. The van der Waals surface area contributed by atoms with Crippen LogP contribution in [0.2, 0.25) is 0 Å². The SMILES string of the molecule is C=C(C)CN1C(=O)NC(=O)C2(CCCC2)C1=O. The number of hydrogen-bond donors (Lipinski definition) is 1. The molecule has 5 heteroatoms. The Hall–Kier alpha value is -1.65. The van der Waals surface area contributed by atoms with E-state index in [1.54, 1.807) is 6.92 Å². The monoisotopic (exact) mass is 236 g/mol. The maximum absolute atomic E-state index is 12.3. The Balaban J connectivity index is 2.30. The Morgan fingerprint density at radius 1 is 1.35 bits per heavy atom. The molecule has 1 saturated carbocycles. The second-order valence-corrected chi connectivity index (χ2v) is 4.90. The summed E-state index contributed by atoms with van der Waals surface area (Å²) in [6.45, 7) is 5.62. The molecule has 1 heterocycles. The molecule has 1 aliphatic heterocycles. The van der Waals surface area contributed by atoms with Gasteiger partial charge in [-0.3, -0.25) is 19.8 Å². The summed E-state index contributed by atoms with van der Waals surface area (Å²) in [7, 11) is 0. The van der Waals surface area contributed by atoms with Crippen LogP contribution in [-0.2, 0) is 9.59 Å². The summed E-state index contributed by atoms with van der Waals surface area (Å²) in [5.74, 6) is -0.783. The molecule has 1 saturated heterocycles. The minimum Gasteiger partial charge on any atom is -0.277 e. The Morgan fingerprint density at radius 2 is 1.94 bits per heavy atom. The summed E-state index contributed by atoms with van der Waals surface area (Å²) < 4.78 is 0. The molecule has 92 valence electrons. The van der Waals surface area contributed by atoms with E-state index in [2.05, 4.69) is 11.9 Å². The summed E-state index contributed by atoms with van der Waals surface area (Å²) in [6.07, 6.45) is 2.79. The number of barbiturate groups is 1. The normalized spacial score (nSPS) is 23.1. The number of nitrogens with zero attached hydrogens (tertiary/aromatic N) is 1. The molecule has 5 nitrogen and oxygen atoms in total. The molecule has 17 heavy (non-hydrogen) atoms. The van der Waals surface area contributed by atoms with Gasteiger partial charge in [0.15, 0.2) is 0 Å². The number of urea groups is 1. The highest BCUT2D eigenvalue weighted by atomic mass is 16.2. The van der Waals surface area contributed by atoms with Crippen molar-refractivity contribution in [1.82, 2.24) is 10.2 Å². The van der Waals surface area contributed by atoms with Crippen molar-refractivity contribution < 1.29 is 14.4 Å². The standard InChI is InChI=1S/C12H16N2O3/c1-8(2)7-14-10(16)12(5-3-4-6-12)9(15)13-11(14)17/h1,3-7H2,2H3,(H,13,15,17). The number of amides is 4. The largest absolute Gasteiger partial charge is 0.331 e. The summed E-state index contributed by atoms with van der Waals surface area (Å²) >= 11 is 0. The molecule has 1 spiro atoms. The first-order valence-corrected chi connectivity index (χ1v) is 5.79. The molecule has 0 atom stereocenters. The van der Waals surface area contributed by atoms with Crippen molar-refractivity contribution >= 4 is 17.8 Å². The molecule has 0 radical (unpaired) electrons. The zero-order chi connectivity index (χ0) is 12.6. The molecule has 2 rings (SSSR count). The Bertz CT molecular complexity index is 408. The van der Waals surface area contributed by atoms with Crippen LogP contribution in [0.1, 0.15) is 32.6 Å². The van der Waals surface area contributed by atoms with Crippen LogP contribution >= 0.6 is 0 Å². The minimum atomic E-state index is -0.997. The lowest BCUT2D eigenvalue weighted by Gasteiger charge is -2.36. The Morgan fingerprint density at radius 3 is 2.47 bits per heavy atom. The first-order chi connectivity index (χ1) is 7.97. The molecule has 0 aromatic carbocycles. The molecular formula is C12H16N2O3. The molecule has 0 aromatic heterocycles. The van der Waals surface area contributed by atoms with Crippen molar-refractivity contribution in [3.05, 3.63) is 12.2 Å². The molecular weight excluding hydrogens is 220 g/mol. The van der Waals surface area contributed by atoms with Crippen LogP contribution in [0.4, 0.5) is 4.79 Å². The van der Waals surface area contributed by atoms with Crippen molar-refractivity contribution in [2.24, 2.45) is 5.41 Å². The fraction of sp³-hybridized carbons (Fsp3) is 0.583. The van der Waals surface area contributed by atoms with Gasteiger partial charge in [0.25, 0.3) is 0 Å². The maximum atomic E-state index is 12.3. The lowest BCUT2D eigenvalue weighted by molar-refractivity contribution is -0.150. The van der Waals surface area contributed by atoms with E-state index in [4.69, 9.17) is 0 Å². The van der Waals surface area contributed by atoms with Gasteiger partial charge in [-0.05, 0) is 19.8 Å². The number of hydrogen-bond acceptors (Lipinski definition) is 3. The zero-order valence-corrected chi connectivity index (χ0v) is 9.91. The predicted molar refractivity (Wildman–Crippen MR) is 61.0 cm³/mol. The molecule has 0 unspecified atom stereocenters. The van der Waals surface area contributed by atoms with Gasteiger partial charge in [0, 0.05) is 0 Å². The highest BCUT2D eigenvalue weighted by Crippen LogP contribution is 2.41. The van der Waals surface area contributed by atoms with Gasteiger partial charge in [-0.15, -0.1) is 0 Å². The van der Waals surface area contributed by atoms with Gasteiger partial charge >= 0.3 is 6.03 Å². The van der Waals surface area contributed by atoms with Crippen molar-refractivity contribution in [2.45, 2.75) is 32.6 Å². The van der Waals surface area contributed by atoms with Crippen molar-refractivity contribution in [3.63, 3.8) is 0 Å².